The first-order valence-electron chi connectivity index (χ1n) is 9.51. The summed E-state index contributed by atoms with van der Waals surface area (Å²) in [6.45, 7) is 1.64. The molecular formula is C24H22FN3O2. The van der Waals surface area contributed by atoms with Gasteiger partial charge < -0.3 is 5.32 Å². The SMILES string of the molecule is C/C(CC(=O)Nc1cccc(F)c1)=N/NC(=O)C(c1ccccc1)c1ccccc1. The number of hydrogen-bond donors (Lipinski definition) is 2. The maximum absolute atomic E-state index is 13.2. The van der Waals surface area contributed by atoms with E-state index in [1.165, 1.54) is 18.2 Å². The second-order valence-corrected chi connectivity index (χ2v) is 6.81. The first-order valence-corrected chi connectivity index (χ1v) is 9.51. The Morgan fingerprint density at radius 2 is 1.50 bits per heavy atom. The van der Waals surface area contributed by atoms with E-state index in [1.807, 2.05) is 60.7 Å². The molecule has 2 N–H and O–H groups in total. The van der Waals surface area contributed by atoms with Crippen LogP contribution in [0.4, 0.5) is 10.1 Å². The number of hydrogen-bond acceptors (Lipinski definition) is 3. The molecule has 0 unspecified atom stereocenters. The Kier molecular flexibility index (Phi) is 7.05. The molecule has 0 heterocycles. The Morgan fingerprint density at radius 1 is 0.900 bits per heavy atom. The summed E-state index contributed by atoms with van der Waals surface area (Å²) in [6, 6.07) is 24.5. The molecule has 5 nitrogen and oxygen atoms in total. The van der Waals surface area contributed by atoms with Gasteiger partial charge in [0, 0.05) is 11.4 Å². The van der Waals surface area contributed by atoms with Crippen LogP contribution >= 0.6 is 0 Å². The smallest absolute Gasteiger partial charge is 0.252 e. The summed E-state index contributed by atoms with van der Waals surface area (Å²) >= 11 is 0. The van der Waals surface area contributed by atoms with Crippen LogP contribution in [0.5, 0.6) is 0 Å². The fourth-order valence-electron chi connectivity index (χ4n) is 3.04. The molecule has 2 amide bonds. The maximum Gasteiger partial charge on any atom is 0.252 e. The molecule has 0 radical (unpaired) electrons. The number of carbonyl (C=O) groups is 2. The van der Waals surface area contributed by atoms with Gasteiger partial charge in [0.2, 0.25) is 5.91 Å². The molecule has 0 aliphatic rings. The molecule has 30 heavy (non-hydrogen) atoms. The van der Waals surface area contributed by atoms with Crippen molar-refractivity contribution < 1.29 is 14.0 Å². The Morgan fingerprint density at radius 3 is 2.07 bits per heavy atom. The molecule has 0 saturated heterocycles. The van der Waals surface area contributed by atoms with Crippen molar-refractivity contribution in [1.82, 2.24) is 5.43 Å². The minimum absolute atomic E-state index is 0.0296. The predicted octanol–water partition coefficient (Wildman–Crippen LogP) is 4.48. The molecule has 0 aromatic heterocycles. The highest BCUT2D eigenvalue weighted by Crippen LogP contribution is 2.24. The van der Waals surface area contributed by atoms with Gasteiger partial charge in [0.25, 0.3) is 5.91 Å². The van der Waals surface area contributed by atoms with Gasteiger partial charge in [-0.25, -0.2) is 9.82 Å². The van der Waals surface area contributed by atoms with Crippen LogP contribution in [-0.4, -0.2) is 17.5 Å². The molecular weight excluding hydrogens is 381 g/mol. The third-order valence-corrected chi connectivity index (χ3v) is 4.41. The standard InChI is InChI=1S/C24H22FN3O2/c1-17(15-22(29)26-21-14-8-13-20(25)16-21)27-28-24(30)23(18-9-4-2-5-10-18)19-11-6-3-7-12-19/h2-14,16,23H,15H2,1H3,(H,26,29)(H,28,30)/b27-17-. The zero-order valence-electron chi connectivity index (χ0n) is 16.5. The van der Waals surface area contributed by atoms with Crippen LogP contribution in [0, 0.1) is 5.82 Å². The molecule has 152 valence electrons. The van der Waals surface area contributed by atoms with Gasteiger partial charge in [-0.15, -0.1) is 0 Å². The number of halogens is 1. The average Bonchev–Trinajstić information content (AvgIpc) is 2.74. The first-order chi connectivity index (χ1) is 14.5. The molecule has 3 aromatic carbocycles. The van der Waals surface area contributed by atoms with Gasteiger partial charge in [0.1, 0.15) is 5.82 Å². The van der Waals surface area contributed by atoms with E-state index in [0.29, 0.717) is 11.4 Å². The van der Waals surface area contributed by atoms with E-state index in [1.54, 1.807) is 13.0 Å². The van der Waals surface area contributed by atoms with Gasteiger partial charge >= 0.3 is 0 Å². The van der Waals surface area contributed by atoms with Crippen LogP contribution in [-0.2, 0) is 9.59 Å². The van der Waals surface area contributed by atoms with Crippen molar-refractivity contribution in [3.05, 3.63) is 102 Å². The third kappa shape index (κ3) is 5.85. The van der Waals surface area contributed by atoms with E-state index in [0.717, 1.165) is 11.1 Å². The largest absolute Gasteiger partial charge is 0.326 e. The van der Waals surface area contributed by atoms with Gasteiger partial charge in [-0.2, -0.15) is 5.10 Å². The van der Waals surface area contributed by atoms with Crippen molar-refractivity contribution in [2.24, 2.45) is 5.10 Å². The Bertz CT molecular complexity index is 997. The highest BCUT2D eigenvalue weighted by Gasteiger charge is 2.22. The summed E-state index contributed by atoms with van der Waals surface area (Å²) in [6.07, 6.45) is -0.0296. The number of amides is 2. The quantitative estimate of drug-likeness (QED) is 0.451. The molecule has 0 aliphatic heterocycles. The van der Waals surface area contributed by atoms with Crippen molar-refractivity contribution in [2.75, 3.05) is 5.32 Å². The number of carbonyl (C=O) groups excluding carboxylic acids is 2. The normalized spacial score (nSPS) is 11.2. The van der Waals surface area contributed by atoms with Crippen molar-refractivity contribution >= 4 is 23.2 Å². The summed E-state index contributed by atoms with van der Waals surface area (Å²) in [5, 5.41) is 6.68. The second-order valence-electron chi connectivity index (χ2n) is 6.81. The van der Waals surface area contributed by atoms with Crippen molar-refractivity contribution in [2.45, 2.75) is 19.3 Å². The molecule has 3 aromatic rings. The number of nitrogens with zero attached hydrogens (tertiary/aromatic N) is 1. The Hall–Kier alpha value is -3.80. The zero-order valence-corrected chi connectivity index (χ0v) is 16.5. The molecule has 0 bridgehead atoms. The molecule has 0 atom stereocenters. The van der Waals surface area contributed by atoms with Gasteiger partial charge in [-0.1, -0.05) is 66.7 Å². The summed E-state index contributed by atoms with van der Waals surface area (Å²) in [4.78, 5) is 25.0. The lowest BCUT2D eigenvalue weighted by molar-refractivity contribution is -0.121. The fraction of sp³-hybridized carbons (Fsp3) is 0.125. The van der Waals surface area contributed by atoms with E-state index in [9.17, 15) is 14.0 Å². The van der Waals surface area contributed by atoms with Crippen LogP contribution < -0.4 is 10.7 Å². The zero-order chi connectivity index (χ0) is 21.3. The molecule has 6 heteroatoms. The van der Waals surface area contributed by atoms with E-state index in [2.05, 4.69) is 15.8 Å². The van der Waals surface area contributed by atoms with Crippen LogP contribution in [0.3, 0.4) is 0 Å². The number of rotatable bonds is 7. The van der Waals surface area contributed by atoms with E-state index in [4.69, 9.17) is 0 Å². The maximum atomic E-state index is 13.2. The van der Waals surface area contributed by atoms with Gasteiger partial charge in [-0.05, 0) is 36.2 Å². The third-order valence-electron chi connectivity index (χ3n) is 4.41. The number of benzene rings is 3. The first kappa shape index (κ1) is 20.9. The molecule has 0 fully saturated rings. The lowest BCUT2D eigenvalue weighted by Gasteiger charge is -2.16. The Labute approximate surface area is 174 Å². The lowest BCUT2D eigenvalue weighted by Crippen LogP contribution is -2.27. The fourth-order valence-corrected chi connectivity index (χ4v) is 3.04. The van der Waals surface area contributed by atoms with Crippen LogP contribution in [0.2, 0.25) is 0 Å². The van der Waals surface area contributed by atoms with Crippen molar-refractivity contribution in [3.8, 4) is 0 Å². The van der Waals surface area contributed by atoms with E-state index >= 15 is 0 Å². The van der Waals surface area contributed by atoms with Crippen LogP contribution in [0.25, 0.3) is 0 Å². The summed E-state index contributed by atoms with van der Waals surface area (Å²) in [7, 11) is 0. The van der Waals surface area contributed by atoms with E-state index < -0.39 is 11.7 Å². The minimum Gasteiger partial charge on any atom is -0.326 e. The minimum atomic E-state index is -0.523. The van der Waals surface area contributed by atoms with Gasteiger partial charge in [0.15, 0.2) is 0 Å². The van der Waals surface area contributed by atoms with Crippen LogP contribution in [0.15, 0.2) is 90.0 Å². The molecule has 0 saturated carbocycles. The summed E-state index contributed by atoms with van der Waals surface area (Å²) < 4.78 is 13.2. The van der Waals surface area contributed by atoms with Crippen molar-refractivity contribution in [3.63, 3.8) is 0 Å². The number of nitrogens with one attached hydrogen (secondary N) is 2. The number of hydrazone groups is 1. The van der Waals surface area contributed by atoms with Crippen molar-refractivity contribution in [1.29, 1.82) is 0 Å². The molecule has 3 rings (SSSR count). The lowest BCUT2D eigenvalue weighted by atomic mass is 9.91. The monoisotopic (exact) mass is 403 g/mol. The van der Waals surface area contributed by atoms with Gasteiger partial charge in [0.05, 0.1) is 12.3 Å². The van der Waals surface area contributed by atoms with E-state index in [-0.39, 0.29) is 18.2 Å². The van der Waals surface area contributed by atoms with Gasteiger partial charge in [-0.3, -0.25) is 9.59 Å². The number of anilines is 1. The topological polar surface area (TPSA) is 70.6 Å². The Balaban J connectivity index is 1.66. The second kappa shape index (κ2) is 10.1. The highest BCUT2D eigenvalue weighted by atomic mass is 19.1. The summed E-state index contributed by atoms with van der Waals surface area (Å²) in [5.41, 5.74) is 5.05. The summed E-state index contributed by atoms with van der Waals surface area (Å²) in [5.74, 6) is -1.60. The average molecular weight is 403 g/mol. The highest BCUT2D eigenvalue weighted by molar-refractivity contribution is 6.05. The molecule has 0 spiro atoms. The predicted molar refractivity (Wildman–Crippen MR) is 116 cm³/mol. The molecule has 0 aliphatic carbocycles. The van der Waals surface area contributed by atoms with Crippen LogP contribution in [0.1, 0.15) is 30.4 Å².